The molecular formula is C19H30ClN5O2S. The van der Waals surface area contributed by atoms with Gasteiger partial charge in [0.1, 0.15) is 11.0 Å². The minimum absolute atomic E-state index is 0.0892. The number of aromatic nitrogens is 2. The molecule has 0 saturated carbocycles. The summed E-state index contributed by atoms with van der Waals surface area (Å²) in [6.45, 7) is 11.4. The van der Waals surface area contributed by atoms with Crippen molar-refractivity contribution in [1.82, 2.24) is 19.8 Å². The van der Waals surface area contributed by atoms with Gasteiger partial charge in [-0.05, 0) is 19.8 Å². The van der Waals surface area contributed by atoms with Crippen LogP contribution in [-0.2, 0) is 9.59 Å². The molecule has 1 aliphatic rings. The number of amides is 2. The number of piperazine rings is 1. The standard InChI is InChI=1S/C19H30ClN5O2S/c1-5-7-23(8-6-2)18(27)13-28-19-21-16(20)11-17(22-19)24-9-10-25(15(4)26)14(3)12-24/h11,14H,5-10,12-13H2,1-4H3/t14-/m0/s1. The van der Waals surface area contributed by atoms with E-state index in [2.05, 4.69) is 28.7 Å². The van der Waals surface area contributed by atoms with E-state index in [-0.39, 0.29) is 17.9 Å². The third kappa shape index (κ3) is 6.24. The fraction of sp³-hybridized carbons (Fsp3) is 0.684. The van der Waals surface area contributed by atoms with Crippen molar-refractivity contribution < 1.29 is 9.59 Å². The molecule has 0 bridgehead atoms. The highest BCUT2D eigenvalue weighted by Crippen LogP contribution is 2.24. The lowest BCUT2D eigenvalue weighted by Crippen LogP contribution is -2.53. The van der Waals surface area contributed by atoms with Gasteiger partial charge < -0.3 is 14.7 Å². The lowest BCUT2D eigenvalue weighted by Gasteiger charge is -2.40. The van der Waals surface area contributed by atoms with Crippen LogP contribution in [0.15, 0.2) is 11.2 Å². The number of carbonyl (C=O) groups excluding carboxylic acids is 2. The Morgan fingerprint density at radius 1 is 1.25 bits per heavy atom. The van der Waals surface area contributed by atoms with Gasteiger partial charge >= 0.3 is 0 Å². The fourth-order valence-electron chi connectivity index (χ4n) is 3.36. The van der Waals surface area contributed by atoms with Crippen LogP contribution in [0, 0.1) is 0 Å². The highest BCUT2D eigenvalue weighted by molar-refractivity contribution is 7.99. The second-order valence-electron chi connectivity index (χ2n) is 7.01. The molecule has 2 rings (SSSR count). The average Bonchev–Trinajstić information content (AvgIpc) is 2.65. The van der Waals surface area contributed by atoms with Crippen LogP contribution >= 0.6 is 23.4 Å². The number of nitrogens with zero attached hydrogens (tertiary/aromatic N) is 5. The molecular weight excluding hydrogens is 398 g/mol. The van der Waals surface area contributed by atoms with Crippen molar-refractivity contribution >= 4 is 41.0 Å². The molecule has 1 fully saturated rings. The monoisotopic (exact) mass is 427 g/mol. The molecule has 0 aliphatic carbocycles. The van der Waals surface area contributed by atoms with E-state index in [9.17, 15) is 9.59 Å². The Balaban J connectivity index is 2.03. The van der Waals surface area contributed by atoms with E-state index < -0.39 is 0 Å². The Labute approximate surface area is 176 Å². The first-order valence-corrected chi connectivity index (χ1v) is 11.2. The first-order chi connectivity index (χ1) is 13.3. The minimum Gasteiger partial charge on any atom is -0.353 e. The van der Waals surface area contributed by atoms with Crippen molar-refractivity contribution in [3.8, 4) is 0 Å². The van der Waals surface area contributed by atoms with Gasteiger partial charge in [0.2, 0.25) is 11.8 Å². The van der Waals surface area contributed by atoms with Crippen LogP contribution in [-0.4, -0.2) is 76.1 Å². The largest absolute Gasteiger partial charge is 0.353 e. The Kier molecular flexibility index (Phi) is 8.82. The number of hydrogen-bond donors (Lipinski definition) is 0. The Hall–Kier alpha value is -1.54. The summed E-state index contributed by atoms with van der Waals surface area (Å²) < 4.78 is 0. The Morgan fingerprint density at radius 2 is 1.93 bits per heavy atom. The van der Waals surface area contributed by atoms with Crippen molar-refractivity contribution in [3.05, 3.63) is 11.2 Å². The maximum Gasteiger partial charge on any atom is 0.233 e. The van der Waals surface area contributed by atoms with E-state index in [1.54, 1.807) is 13.0 Å². The van der Waals surface area contributed by atoms with Crippen molar-refractivity contribution in [3.63, 3.8) is 0 Å². The molecule has 0 N–H and O–H groups in total. The van der Waals surface area contributed by atoms with Crippen LogP contribution in [0.25, 0.3) is 0 Å². The first kappa shape index (κ1) is 22.7. The number of rotatable bonds is 8. The SMILES string of the molecule is CCCN(CCC)C(=O)CSc1nc(Cl)cc(N2CCN(C(C)=O)[C@@H](C)C2)n1. The summed E-state index contributed by atoms with van der Waals surface area (Å²) in [5, 5.41) is 0.867. The van der Waals surface area contributed by atoms with Gasteiger partial charge in [0.05, 0.1) is 5.75 Å². The summed E-state index contributed by atoms with van der Waals surface area (Å²) in [7, 11) is 0. The van der Waals surface area contributed by atoms with Crippen LogP contribution in [0.2, 0.25) is 5.15 Å². The Bertz CT molecular complexity index is 684. The molecule has 1 aromatic rings. The number of carbonyl (C=O) groups is 2. The molecule has 0 radical (unpaired) electrons. The third-order valence-corrected chi connectivity index (χ3v) is 5.71. The van der Waals surface area contributed by atoms with E-state index >= 15 is 0 Å². The second-order valence-corrected chi connectivity index (χ2v) is 8.34. The number of halogens is 1. The molecule has 0 unspecified atom stereocenters. The smallest absolute Gasteiger partial charge is 0.233 e. The van der Waals surface area contributed by atoms with Gasteiger partial charge in [-0.3, -0.25) is 9.59 Å². The molecule has 0 spiro atoms. The molecule has 0 aromatic carbocycles. The molecule has 7 nitrogen and oxygen atoms in total. The summed E-state index contributed by atoms with van der Waals surface area (Å²) in [5.74, 6) is 1.23. The predicted octanol–water partition coefficient (Wildman–Crippen LogP) is 2.93. The van der Waals surface area contributed by atoms with Gasteiger partial charge in [0.25, 0.3) is 0 Å². The zero-order chi connectivity index (χ0) is 20.7. The van der Waals surface area contributed by atoms with Gasteiger partial charge in [-0.2, -0.15) is 0 Å². The number of hydrogen-bond acceptors (Lipinski definition) is 6. The van der Waals surface area contributed by atoms with E-state index in [0.29, 0.717) is 35.7 Å². The quantitative estimate of drug-likeness (QED) is 0.361. The van der Waals surface area contributed by atoms with Crippen LogP contribution in [0.1, 0.15) is 40.5 Å². The molecule has 1 aliphatic heterocycles. The second kappa shape index (κ2) is 10.9. The lowest BCUT2D eigenvalue weighted by molar-refractivity contribution is -0.131. The van der Waals surface area contributed by atoms with E-state index in [1.807, 2.05) is 16.7 Å². The van der Waals surface area contributed by atoms with Crippen molar-refractivity contribution in [2.45, 2.75) is 51.7 Å². The maximum atomic E-state index is 12.5. The molecule has 2 amide bonds. The fourth-order valence-corrected chi connectivity index (χ4v) is 4.35. The van der Waals surface area contributed by atoms with Crippen molar-refractivity contribution in [1.29, 1.82) is 0 Å². The van der Waals surface area contributed by atoms with Crippen molar-refractivity contribution in [2.75, 3.05) is 43.4 Å². The van der Waals surface area contributed by atoms with E-state index in [0.717, 1.165) is 31.7 Å². The number of thioether (sulfide) groups is 1. The normalized spacial score (nSPS) is 17.0. The predicted molar refractivity (Wildman–Crippen MR) is 114 cm³/mol. The van der Waals surface area contributed by atoms with Gasteiger partial charge in [0.15, 0.2) is 5.16 Å². The number of anilines is 1. The zero-order valence-electron chi connectivity index (χ0n) is 17.2. The van der Waals surface area contributed by atoms with Gasteiger partial charge in [0, 0.05) is 51.8 Å². The highest BCUT2D eigenvalue weighted by atomic mass is 35.5. The van der Waals surface area contributed by atoms with Crippen molar-refractivity contribution in [2.24, 2.45) is 0 Å². The van der Waals surface area contributed by atoms with Gasteiger partial charge in [-0.1, -0.05) is 37.2 Å². The van der Waals surface area contributed by atoms with Crippen LogP contribution in [0.3, 0.4) is 0 Å². The van der Waals surface area contributed by atoms with Crippen LogP contribution < -0.4 is 4.90 Å². The van der Waals surface area contributed by atoms with Gasteiger partial charge in [-0.25, -0.2) is 9.97 Å². The van der Waals surface area contributed by atoms with Gasteiger partial charge in [-0.15, -0.1) is 0 Å². The third-order valence-electron chi connectivity index (χ3n) is 4.68. The molecule has 1 saturated heterocycles. The summed E-state index contributed by atoms with van der Waals surface area (Å²) in [5.41, 5.74) is 0. The molecule has 1 atom stereocenters. The topological polar surface area (TPSA) is 69.6 Å². The highest BCUT2D eigenvalue weighted by Gasteiger charge is 2.26. The van der Waals surface area contributed by atoms with E-state index in [4.69, 9.17) is 11.6 Å². The van der Waals surface area contributed by atoms with Crippen LogP contribution in [0.5, 0.6) is 0 Å². The molecule has 9 heteroatoms. The molecule has 1 aromatic heterocycles. The Morgan fingerprint density at radius 3 is 2.50 bits per heavy atom. The maximum absolute atomic E-state index is 12.5. The van der Waals surface area contributed by atoms with Crippen LogP contribution in [0.4, 0.5) is 5.82 Å². The van der Waals surface area contributed by atoms with E-state index in [1.165, 1.54) is 11.8 Å². The summed E-state index contributed by atoms with van der Waals surface area (Å²) in [6, 6.07) is 1.85. The average molecular weight is 428 g/mol. The molecule has 2 heterocycles. The summed E-state index contributed by atoms with van der Waals surface area (Å²) in [6.07, 6.45) is 1.89. The minimum atomic E-state index is 0.0892. The molecule has 28 heavy (non-hydrogen) atoms. The lowest BCUT2D eigenvalue weighted by atomic mass is 10.2. The summed E-state index contributed by atoms with van der Waals surface area (Å²) in [4.78, 5) is 38.9. The first-order valence-electron chi connectivity index (χ1n) is 9.83. The zero-order valence-corrected chi connectivity index (χ0v) is 18.7. The summed E-state index contributed by atoms with van der Waals surface area (Å²) >= 11 is 7.53. The molecule has 156 valence electrons.